The molecule has 0 unspecified atom stereocenters. The SMILES string of the molecule is CCCOc1ccc2cc(OCCCCl)ccc2c1C. The molecule has 0 atom stereocenters. The summed E-state index contributed by atoms with van der Waals surface area (Å²) < 4.78 is 11.4. The van der Waals surface area contributed by atoms with Crippen molar-refractivity contribution in [3.05, 3.63) is 35.9 Å². The standard InChI is InChI=1S/C17H21ClO2/c1-3-10-20-17-8-5-14-12-15(19-11-4-9-18)6-7-16(14)13(17)2/h5-8,12H,3-4,9-11H2,1-2H3. The minimum Gasteiger partial charge on any atom is -0.494 e. The van der Waals surface area contributed by atoms with Crippen LogP contribution in [0.1, 0.15) is 25.3 Å². The molecule has 0 aromatic heterocycles. The normalized spacial score (nSPS) is 10.8. The third kappa shape index (κ3) is 3.57. The fraction of sp³-hybridized carbons (Fsp3) is 0.412. The lowest BCUT2D eigenvalue weighted by molar-refractivity contribution is 0.315. The third-order valence-corrected chi connectivity index (χ3v) is 3.49. The second-order valence-electron chi connectivity index (χ2n) is 4.81. The Morgan fingerprint density at radius 1 is 1.05 bits per heavy atom. The molecule has 0 bridgehead atoms. The van der Waals surface area contributed by atoms with Gasteiger partial charge in [0.25, 0.3) is 0 Å². The average molecular weight is 293 g/mol. The van der Waals surface area contributed by atoms with E-state index in [9.17, 15) is 0 Å². The van der Waals surface area contributed by atoms with Crippen LogP contribution in [0.3, 0.4) is 0 Å². The van der Waals surface area contributed by atoms with Crippen LogP contribution in [0.2, 0.25) is 0 Å². The van der Waals surface area contributed by atoms with Crippen molar-refractivity contribution in [1.82, 2.24) is 0 Å². The van der Waals surface area contributed by atoms with Crippen LogP contribution in [0.4, 0.5) is 0 Å². The van der Waals surface area contributed by atoms with E-state index < -0.39 is 0 Å². The van der Waals surface area contributed by atoms with Crippen LogP contribution >= 0.6 is 11.6 Å². The van der Waals surface area contributed by atoms with Crippen LogP contribution in [-0.2, 0) is 0 Å². The van der Waals surface area contributed by atoms with Crippen molar-refractivity contribution in [3.63, 3.8) is 0 Å². The molecule has 0 radical (unpaired) electrons. The van der Waals surface area contributed by atoms with Crippen molar-refractivity contribution in [2.75, 3.05) is 19.1 Å². The van der Waals surface area contributed by atoms with Crippen LogP contribution in [0.15, 0.2) is 30.3 Å². The Morgan fingerprint density at radius 3 is 2.65 bits per heavy atom. The van der Waals surface area contributed by atoms with Gasteiger partial charge in [0, 0.05) is 5.88 Å². The van der Waals surface area contributed by atoms with E-state index in [4.69, 9.17) is 21.1 Å². The topological polar surface area (TPSA) is 18.5 Å². The molecule has 0 aliphatic heterocycles. The summed E-state index contributed by atoms with van der Waals surface area (Å²) in [6, 6.07) is 10.3. The molecule has 0 aliphatic rings. The van der Waals surface area contributed by atoms with E-state index in [1.54, 1.807) is 0 Å². The lowest BCUT2D eigenvalue weighted by Crippen LogP contribution is -1.99. The zero-order chi connectivity index (χ0) is 14.4. The highest BCUT2D eigenvalue weighted by molar-refractivity contribution is 6.17. The first-order valence-corrected chi connectivity index (χ1v) is 7.64. The summed E-state index contributed by atoms with van der Waals surface area (Å²) in [5.74, 6) is 2.49. The molecule has 2 aromatic rings. The van der Waals surface area contributed by atoms with E-state index in [-0.39, 0.29) is 0 Å². The van der Waals surface area contributed by atoms with E-state index in [1.807, 2.05) is 12.1 Å². The number of fused-ring (bicyclic) bond motifs is 1. The monoisotopic (exact) mass is 292 g/mol. The molecule has 0 heterocycles. The van der Waals surface area contributed by atoms with Gasteiger partial charge in [0.1, 0.15) is 11.5 Å². The molecule has 2 rings (SSSR count). The number of halogens is 1. The van der Waals surface area contributed by atoms with Crippen molar-refractivity contribution in [3.8, 4) is 11.5 Å². The smallest absolute Gasteiger partial charge is 0.122 e. The zero-order valence-electron chi connectivity index (χ0n) is 12.1. The molecule has 0 saturated heterocycles. The van der Waals surface area contributed by atoms with Crippen molar-refractivity contribution in [2.45, 2.75) is 26.7 Å². The highest BCUT2D eigenvalue weighted by Crippen LogP contribution is 2.30. The van der Waals surface area contributed by atoms with Gasteiger partial charge in [-0.2, -0.15) is 0 Å². The predicted octanol–water partition coefficient (Wildman–Crippen LogP) is 4.94. The molecule has 0 fully saturated rings. The molecule has 0 saturated carbocycles. The van der Waals surface area contributed by atoms with Crippen molar-refractivity contribution >= 4 is 22.4 Å². The summed E-state index contributed by atoms with van der Waals surface area (Å²) in [5.41, 5.74) is 1.18. The molecule has 20 heavy (non-hydrogen) atoms. The predicted molar refractivity (Wildman–Crippen MR) is 85.3 cm³/mol. The molecule has 0 spiro atoms. The second-order valence-corrected chi connectivity index (χ2v) is 5.19. The van der Waals surface area contributed by atoms with E-state index in [2.05, 4.69) is 32.0 Å². The van der Waals surface area contributed by atoms with Crippen LogP contribution in [0, 0.1) is 6.92 Å². The maximum atomic E-state index is 5.76. The number of hydrogen-bond donors (Lipinski definition) is 0. The molecular weight excluding hydrogens is 272 g/mol. The summed E-state index contributed by atoms with van der Waals surface area (Å²) in [6.07, 6.45) is 1.88. The van der Waals surface area contributed by atoms with Gasteiger partial charge in [0.15, 0.2) is 0 Å². The van der Waals surface area contributed by atoms with Crippen molar-refractivity contribution < 1.29 is 9.47 Å². The van der Waals surface area contributed by atoms with E-state index in [0.717, 1.165) is 30.9 Å². The Kier molecular flexibility index (Phi) is 5.54. The van der Waals surface area contributed by atoms with Gasteiger partial charge < -0.3 is 9.47 Å². The van der Waals surface area contributed by atoms with Gasteiger partial charge in [-0.1, -0.05) is 19.1 Å². The molecule has 108 valence electrons. The molecular formula is C17H21ClO2. The first-order chi connectivity index (χ1) is 9.76. The minimum atomic E-state index is 0.630. The number of alkyl halides is 1. The van der Waals surface area contributed by atoms with E-state index >= 15 is 0 Å². The van der Waals surface area contributed by atoms with Gasteiger partial charge >= 0.3 is 0 Å². The van der Waals surface area contributed by atoms with Crippen molar-refractivity contribution in [2.24, 2.45) is 0 Å². The Bertz CT molecular complexity index is 566. The zero-order valence-corrected chi connectivity index (χ0v) is 12.9. The van der Waals surface area contributed by atoms with Crippen LogP contribution in [0.25, 0.3) is 10.8 Å². The molecule has 0 amide bonds. The van der Waals surface area contributed by atoms with E-state index in [1.165, 1.54) is 16.3 Å². The highest BCUT2D eigenvalue weighted by atomic mass is 35.5. The van der Waals surface area contributed by atoms with Gasteiger partial charge in [-0.3, -0.25) is 0 Å². The fourth-order valence-corrected chi connectivity index (χ4v) is 2.26. The Morgan fingerprint density at radius 2 is 1.90 bits per heavy atom. The minimum absolute atomic E-state index is 0.630. The number of ether oxygens (including phenoxy) is 2. The molecule has 0 aliphatic carbocycles. The fourth-order valence-electron chi connectivity index (χ4n) is 2.15. The summed E-state index contributed by atoms with van der Waals surface area (Å²) >= 11 is 5.65. The van der Waals surface area contributed by atoms with Crippen LogP contribution in [0.5, 0.6) is 11.5 Å². The van der Waals surface area contributed by atoms with Gasteiger partial charge in [-0.05, 0) is 54.3 Å². The number of benzene rings is 2. The third-order valence-electron chi connectivity index (χ3n) is 3.22. The number of hydrogen-bond acceptors (Lipinski definition) is 2. The number of rotatable bonds is 7. The highest BCUT2D eigenvalue weighted by Gasteiger charge is 2.05. The Balaban J connectivity index is 2.22. The molecule has 2 aromatic carbocycles. The molecule has 0 N–H and O–H groups in total. The van der Waals surface area contributed by atoms with E-state index in [0.29, 0.717) is 12.5 Å². The first-order valence-electron chi connectivity index (χ1n) is 7.11. The van der Waals surface area contributed by atoms with Gasteiger partial charge in [-0.15, -0.1) is 11.6 Å². The van der Waals surface area contributed by atoms with Crippen LogP contribution < -0.4 is 9.47 Å². The number of aryl methyl sites for hydroxylation is 1. The average Bonchev–Trinajstić information content (AvgIpc) is 2.47. The summed E-state index contributed by atoms with van der Waals surface area (Å²) in [7, 11) is 0. The van der Waals surface area contributed by atoms with Crippen LogP contribution in [-0.4, -0.2) is 19.1 Å². The summed E-state index contributed by atoms with van der Waals surface area (Å²) in [4.78, 5) is 0. The lowest BCUT2D eigenvalue weighted by Gasteiger charge is -2.12. The summed E-state index contributed by atoms with van der Waals surface area (Å²) in [6.45, 7) is 5.62. The molecule has 3 heteroatoms. The quantitative estimate of drug-likeness (QED) is 0.531. The maximum absolute atomic E-state index is 5.76. The maximum Gasteiger partial charge on any atom is 0.122 e. The van der Waals surface area contributed by atoms with Crippen molar-refractivity contribution in [1.29, 1.82) is 0 Å². The Hall–Kier alpha value is -1.41. The largest absolute Gasteiger partial charge is 0.494 e. The second kappa shape index (κ2) is 7.39. The Labute approximate surface area is 125 Å². The summed E-state index contributed by atoms with van der Waals surface area (Å²) in [5, 5.41) is 2.39. The lowest BCUT2D eigenvalue weighted by atomic mass is 10.0. The molecule has 2 nitrogen and oxygen atoms in total. The van der Waals surface area contributed by atoms with Gasteiger partial charge in [-0.25, -0.2) is 0 Å². The first kappa shape index (κ1) is 15.0. The van der Waals surface area contributed by atoms with Gasteiger partial charge in [0.2, 0.25) is 0 Å². The van der Waals surface area contributed by atoms with Gasteiger partial charge in [0.05, 0.1) is 13.2 Å².